The molecular formula is C37H36ClN2O8S3+. The van der Waals surface area contributed by atoms with E-state index in [9.17, 15) is 34.4 Å². The van der Waals surface area contributed by atoms with Gasteiger partial charge >= 0.3 is 0 Å². The molecule has 14 heteroatoms. The molecule has 0 spiro atoms. The van der Waals surface area contributed by atoms with E-state index < -0.39 is 29.3 Å². The summed E-state index contributed by atoms with van der Waals surface area (Å²) in [6, 6.07) is 26.3. The molecule has 0 aliphatic heterocycles. The van der Waals surface area contributed by atoms with E-state index in [1.54, 1.807) is 42.5 Å². The number of hydrogen-bond donors (Lipinski definition) is 2. The molecule has 0 saturated carbocycles. The van der Waals surface area contributed by atoms with Crippen LogP contribution >= 0.6 is 10.7 Å². The number of nitrogens with zero attached hydrogens (tertiary/aromatic N) is 2. The molecule has 4 aromatic rings. The fraction of sp³-hybridized carbons (Fsp3) is 0.162. The summed E-state index contributed by atoms with van der Waals surface area (Å²) in [4.78, 5) is 1.62. The molecule has 0 fully saturated rings. The van der Waals surface area contributed by atoms with Crippen LogP contribution in [-0.4, -0.2) is 57.7 Å². The van der Waals surface area contributed by atoms with E-state index in [1.165, 1.54) is 30.3 Å². The lowest BCUT2D eigenvalue weighted by Crippen LogP contribution is -2.22. The Morgan fingerprint density at radius 1 is 0.706 bits per heavy atom. The van der Waals surface area contributed by atoms with Crippen molar-refractivity contribution in [1.29, 1.82) is 0 Å². The molecule has 0 saturated heterocycles. The monoisotopic (exact) mass is 767 g/mol. The third kappa shape index (κ3) is 9.30. The topological polar surface area (TPSA) is 149 Å². The standard InChI is InChI=1S/C37H35ClN2O8S3/c1-3-39(25-27-9-7-11-33(23-27)50(43,44)45)31-19-15-29(16-20-31)37(35-13-5-6-14-36(35)49(38,41)42)30-17-21-32(22-18-30)40(4-2)26-28-10-8-12-34(24-28)51(46,47)48/h5-24H,3-4,25-26H2,1-2H3,(H-,43,44,45,46,47,48)/p+1. The predicted octanol–water partition coefficient (Wildman–Crippen LogP) is 6.74. The number of allylic oxidation sites excluding steroid dienone is 5. The van der Waals surface area contributed by atoms with E-state index in [0.29, 0.717) is 48.4 Å². The van der Waals surface area contributed by atoms with Gasteiger partial charge in [0.2, 0.25) is 0 Å². The van der Waals surface area contributed by atoms with Gasteiger partial charge in [0.05, 0.1) is 14.7 Å². The summed E-state index contributed by atoms with van der Waals surface area (Å²) in [5.74, 6) is 0. The molecule has 0 radical (unpaired) electrons. The Morgan fingerprint density at radius 2 is 1.27 bits per heavy atom. The zero-order chi connectivity index (χ0) is 37.0. The van der Waals surface area contributed by atoms with E-state index >= 15 is 0 Å². The minimum absolute atomic E-state index is 0.0439. The van der Waals surface area contributed by atoms with Gasteiger partial charge in [-0.2, -0.15) is 16.8 Å². The van der Waals surface area contributed by atoms with Crippen LogP contribution in [-0.2, 0) is 42.4 Å². The molecule has 0 heterocycles. The Labute approximate surface area is 303 Å². The Bertz CT molecular complexity index is 2400. The molecule has 5 rings (SSSR count). The SMILES string of the molecule is CCN(Cc1cccc(S(=O)(=O)O)c1)c1ccc(C(=C2C=CC(=[N+](CC)Cc3cccc(S(=O)(=O)O)c3)C=C2)c2ccccc2S(=O)(=O)Cl)cc1. The van der Waals surface area contributed by atoms with Crippen LogP contribution in [0.15, 0.2) is 142 Å². The van der Waals surface area contributed by atoms with Crippen LogP contribution in [0.1, 0.15) is 36.1 Å². The van der Waals surface area contributed by atoms with E-state index in [4.69, 9.17) is 10.7 Å². The van der Waals surface area contributed by atoms with Crippen molar-refractivity contribution >= 4 is 56.9 Å². The van der Waals surface area contributed by atoms with Gasteiger partial charge in [-0.3, -0.25) is 9.11 Å². The number of anilines is 1. The van der Waals surface area contributed by atoms with Crippen LogP contribution < -0.4 is 4.90 Å². The van der Waals surface area contributed by atoms with Crippen molar-refractivity contribution in [2.45, 2.75) is 41.6 Å². The van der Waals surface area contributed by atoms with E-state index in [2.05, 4.69) is 0 Å². The molecule has 51 heavy (non-hydrogen) atoms. The first-order valence-electron chi connectivity index (χ1n) is 15.8. The first kappa shape index (κ1) is 37.9. The van der Waals surface area contributed by atoms with Crippen molar-refractivity contribution in [3.05, 3.63) is 149 Å². The molecule has 10 nitrogen and oxygen atoms in total. The quantitative estimate of drug-likeness (QED) is 0.0909. The Hall–Kier alpha value is -4.37. The maximum absolute atomic E-state index is 12.7. The highest BCUT2D eigenvalue weighted by molar-refractivity contribution is 8.13. The van der Waals surface area contributed by atoms with Gasteiger partial charge in [-0.25, -0.2) is 13.0 Å². The predicted molar refractivity (Wildman–Crippen MR) is 199 cm³/mol. The minimum Gasteiger partial charge on any atom is -0.367 e. The Balaban J connectivity index is 1.54. The third-order valence-corrected chi connectivity index (χ3v) is 11.4. The van der Waals surface area contributed by atoms with Gasteiger partial charge in [-0.05, 0) is 90.7 Å². The van der Waals surface area contributed by atoms with Gasteiger partial charge < -0.3 is 4.90 Å². The first-order valence-corrected chi connectivity index (χ1v) is 21.0. The molecule has 266 valence electrons. The van der Waals surface area contributed by atoms with E-state index in [1.807, 2.05) is 71.9 Å². The second-order valence-electron chi connectivity index (χ2n) is 11.7. The second-order valence-corrected chi connectivity index (χ2v) is 17.1. The van der Waals surface area contributed by atoms with Crippen molar-refractivity contribution < 1.29 is 38.9 Å². The van der Waals surface area contributed by atoms with Crippen LogP contribution in [0.4, 0.5) is 5.69 Å². The fourth-order valence-corrected chi connectivity index (χ4v) is 8.04. The molecule has 0 amide bonds. The number of halogens is 1. The number of benzene rings is 4. The first-order chi connectivity index (χ1) is 24.1. The van der Waals surface area contributed by atoms with Crippen molar-refractivity contribution in [3.8, 4) is 0 Å². The number of rotatable bonds is 12. The maximum atomic E-state index is 12.7. The lowest BCUT2D eigenvalue weighted by atomic mass is 9.90. The third-order valence-electron chi connectivity index (χ3n) is 8.36. The molecule has 2 N–H and O–H groups in total. The lowest BCUT2D eigenvalue weighted by molar-refractivity contribution is -0.539. The lowest BCUT2D eigenvalue weighted by Gasteiger charge is -2.24. The molecule has 0 bridgehead atoms. The van der Waals surface area contributed by atoms with Crippen molar-refractivity contribution in [1.82, 2.24) is 0 Å². The molecule has 0 aromatic heterocycles. The zero-order valence-electron chi connectivity index (χ0n) is 27.7. The maximum Gasteiger partial charge on any atom is 0.294 e. The van der Waals surface area contributed by atoms with Gasteiger partial charge in [-0.1, -0.05) is 54.6 Å². The summed E-state index contributed by atoms with van der Waals surface area (Å²) in [6.45, 7) is 5.86. The zero-order valence-corrected chi connectivity index (χ0v) is 30.9. The highest BCUT2D eigenvalue weighted by atomic mass is 35.7. The van der Waals surface area contributed by atoms with Crippen molar-refractivity contribution in [2.75, 3.05) is 18.0 Å². The average Bonchev–Trinajstić information content (AvgIpc) is 3.10. The van der Waals surface area contributed by atoms with E-state index in [0.717, 1.165) is 22.5 Å². The summed E-state index contributed by atoms with van der Waals surface area (Å²) < 4.78 is 93.2. The second kappa shape index (κ2) is 15.5. The van der Waals surface area contributed by atoms with Gasteiger partial charge in [0.15, 0.2) is 12.3 Å². The summed E-state index contributed by atoms with van der Waals surface area (Å²) in [7, 11) is -6.90. The smallest absolute Gasteiger partial charge is 0.294 e. The fourth-order valence-electron chi connectivity index (χ4n) is 5.86. The molecular weight excluding hydrogens is 732 g/mol. The summed E-state index contributed by atoms with van der Waals surface area (Å²) in [5, 5.41) is 0. The molecule has 1 aliphatic carbocycles. The highest BCUT2D eigenvalue weighted by Crippen LogP contribution is 2.36. The molecule has 1 aliphatic rings. The van der Waals surface area contributed by atoms with Crippen LogP contribution in [0.2, 0.25) is 0 Å². The van der Waals surface area contributed by atoms with E-state index in [-0.39, 0.29) is 14.7 Å². The summed E-state index contributed by atoms with van der Waals surface area (Å²) >= 11 is 0. The van der Waals surface area contributed by atoms with Crippen molar-refractivity contribution in [3.63, 3.8) is 0 Å². The van der Waals surface area contributed by atoms with Crippen LogP contribution in [0.5, 0.6) is 0 Å². The minimum atomic E-state index is -4.35. The summed E-state index contributed by atoms with van der Waals surface area (Å²) in [6.07, 6.45) is 7.57. The van der Waals surface area contributed by atoms with Gasteiger partial charge in [0.25, 0.3) is 29.3 Å². The van der Waals surface area contributed by atoms with Crippen LogP contribution in [0, 0.1) is 0 Å². The Kier molecular flexibility index (Phi) is 11.5. The van der Waals surface area contributed by atoms with Gasteiger partial charge in [-0.15, -0.1) is 0 Å². The van der Waals surface area contributed by atoms with Gasteiger partial charge in [0.1, 0.15) is 6.54 Å². The summed E-state index contributed by atoms with van der Waals surface area (Å²) in [5.41, 5.74) is 5.54. The van der Waals surface area contributed by atoms with Crippen LogP contribution in [0.3, 0.4) is 0 Å². The van der Waals surface area contributed by atoms with Crippen LogP contribution in [0.25, 0.3) is 5.57 Å². The largest absolute Gasteiger partial charge is 0.367 e. The average molecular weight is 768 g/mol. The van der Waals surface area contributed by atoms with Gasteiger partial charge in [0, 0.05) is 52.7 Å². The Morgan fingerprint density at radius 3 is 1.82 bits per heavy atom. The number of hydrogen-bond acceptors (Lipinski definition) is 7. The molecule has 0 unspecified atom stereocenters. The normalized spacial score (nSPS) is 13.4. The molecule has 4 aromatic carbocycles. The highest BCUT2D eigenvalue weighted by Gasteiger charge is 2.23. The molecule has 0 atom stereocenters. The van der Waals surface area contributed by atoms with Crippen molar-refractivity contribution in [2.24, 2.45) is 0 Å².